The molecule has 9 nitrogen and oxygen atoms in total. The quantitative estimate of drug-likeness (QED) is 0.153. The predicted molar refractivity (Wildman–Crippen MR) is 126 cm³/mol. The number of thioether (sulfide) groups is 1. The van der Waals surface area contributed by atoms with E-state index in [1.54, 1.807) is 0 Å². The summed E-state index contributed by atoms with van der Waals surface area (Å²) in [5.74, 6) is 1.30. The third kappa shape index (κ3) is 10.8. The highest BCUT2D eigenvalue weighted by Gasteiger charge is 2.42. The van der Waals surface area contributed by atoms with Gasteiger partial charge in [-0.3, -0.25) is 9.59 Å². The van der Waals surface area contributed by atoms with Crippen LogP contribution in [0, 0.1) is 0 Å². The summed E-state index contributed by atoms with van der Waals surface area (Å²) in [5.41, 5.74) is 0. The number of carbonyl (C=O) groups is 3. The highest BCUT2D eigenvalue weighted by Crippen LogP contribution is 2.33. The molecular formula is C19H34N4O5S3. The summed E-state index contributed by atoms with van der Waals surface area (Å²) >= 11 is 1.89. The molecule has 0 aromatic carbocycles. The number of carbonyl (C=O) groups excluding carboxylic acids is 3. The van der Waals surface area contributed by atoms with Crippen LogP contribution in [0.5, 0.6) is 0 Å². The summed E-state index contributed by atoms with van der Waals surface area (Å²) in [4.78, 5) is 35.0. The summed E-state index contributed by atoms with van der Waals surface area (Å²) in [6, 6.07) is 0.402. The lowest BCUT2D eigenvalue weighted by atomic mass is 10.0. The Kier molecular flexibility index (Phi) is 11.3. The van der Waals surface area contributed by atoms with Crippen molar-refractivity contribution in [2.24, 2.45) is 0 Å². The van der Waals surface area contributed by atoms with E-state index < -0.39 is 8.87 Å². The largest absolute Gasteiger partial charge is 0.356 e. The van der Waals surface area contributed by atoms with Gasteiger partial charge in [0.2, 0.25) is 11.8 Å². The fraction of sp³-hybridized carbons (Fsp3) is 0.842. The zero-order chi connectivity index (χ0) is 22.7. The number of nitrogens with one attached hydrogen (secondary N) is 4. The molecule has 0 spiro atoms. The molecule has 0 radical (unpaired) electrons. The maximum absolute atomic E-state index is 11.9. The van der Waals surface area contributed by atoms with E-state index in [9.17, 15) is 22.8 Å². The topological polar surface area (TPSA) is 133 Å². The summed E-state index contributed by atoms with van der Waals surface area (Å²) in [6.45, 7) is 0.963. The van der Waals surface area contributed by atoms with Gasteiger partial charge in [-0.2, -0.15) is 11.8 Å². The molecule has 2 aliphatic rings. The Hall–Kier alpha value is -1.14. The highest BCUT2D eigenvalue weighted by molar-refractivity contribution is 8.71. The monoisotopic (exact) mass is 494 g/mol. The van der Waals surface area contributed by atoms with Gasteiger partial charge in [-0.25, -0.2) is 13.2 Å². The number of hydrogen-bond donors (Lipinski definition) is 4. The molecule has 12 heteroatoms. The van der Waals surface area contributed by atoms with Crippen molar-refractivity contribution in [3.05, 3.63) is 0 Å². The predicted octanol–water partition coefficient (Wildman–Crippen LogP) is 1.20. The lowest BCUT2D eigenvalue weighted by molar-refractivity contribution is -0.122. The second-order valence-electron chi connectivity index (χ2n) is 7.90. The minimum absolute atomic E-state index is 0.0638. The number of rotatable bonds is 15. The minimum Gasteiger partial charge on any atom is -0.356 e. The smallest absolute Gasteiger partial charge is 0.315 e. The van der Waals surface area contributed by atoms with E-state index in [0.29, 0.717) is 36.9 Å². The van der Waals surface area contributed by atoms with Crippen molar-refractivity contribution in [1.82, 2.24) is 21.3 Å². The molecular weight excluding hydrogens is 460 g/mol. The van der Waals surface area contributed by atoms with Gasteiger partial charge in [0.05, 0.1) is 12.1 Å². The van der Waals surface area contributed by atoms with Gasteiger partial charge < -0.3 is 21.3 Å². The molecule has 2 heterocycles. The second kappa shape index (κ2) is 13.4. The van der Waals surface area contributed by atoms with E-state index >= 15 is 0 Å². The maximum atomic E-state index is 11.9. The van der Waals surface area contributed by atoms with Crippen LogP contribution < -0.4 is 21.3 Å². The van der Waals surface area contributed by atoms with Crippen molar-refractivity contribution in [2.75, 3.05) is 30.9 Å². The normalized spacial score (nSPS) is 22.5. The van der Waals surface area contributed by atoms with Crippen molar-refractivity contribution in [2.45, 2.75) is 68.7 Å². The van der Waals surface area contributed by atoms with Crippen molar-refractivity contribution in [3.63, 3.8) is 0 Å². The van der Waals surface area contributed by atoms with Gasteiger partial charge in [-0.1, -0.05) is 12.8 Å². The Labute approximate surface area is 192 Å². The van der Waals surface area contributed by atoms with Crippen molar-refractivity contribution < 1.29 is 22.8 Å². The van der Waals surface area contributed by atoms with Crippen LogP contribution in [-0.2, 0) is 18.5 Å². The molecule has 0 unspecified atom stereocenters. The molecule has 4 amide bonds. The van der Waals surface area contributed by atoms with Crippen LogP contribution in [0.1, 0.15) is 51.4 Å². The van der Waals surface area contributed by atoms with Gasteiger partial charge in [0.1, 0.15) is 0 Å². The number of unbranched alkanes of at least 4 members (excludes halogenated alkanes) is 3. The molecule has 4 N–H and O–H groups in total. The van der Waals surface area contributed by atoms with Gasteiger partial charge >= 0.3 is 6.03 Å². The molecule has 0 aromatic rings. The zero-order valence-electron chi connectivity index (χ0n) is 18.0. The second-order valence-corrected chi connectivity index (χ2v) is 13.8. The van der Waals surface area contributed by atoms with Gasteiger partial charge in [0.15, 0.2) is 8.87 Å². The van der Waals surface area contributed by atoms with Crippen molar-refractivity contribution >= 4 is 49.3 Å². The van der Waals surface area contributed by atoms with Crippen LogP contribution >= 0.6 is 22.6 Å². The Balaban J connectivity index is 1.38. The Morgan fingerprint density at radius 3 is 2.42 bits per heavy atom. The maximum Gasteiger partial charge on any atom is 0.315 e. The number of fused-ring (bicyclic) bond motifs is 1. The van der Waals surface area contributed by atoms with Gasteiger partial charge in [0, 0.05) is 48.9 Å². The lowest BCUT2D eigenvalue weighted by Crippen LogP contribution is -2.36. The SMILES string of the molecule is CS(=O)(=O)SCCNC(=O)CCCCCNC(=O)CCCC[C@@H]1SC[C@H]2NC(=O)N[C@H]12. The molecule has 0 aliphatic carbocycles. The minimum atomic E-state index is -3.06. The molecule has 2 rings (SSSR count). The van der Waals surface area contributed by atoms with E-state index in [4.69, 9.17) is 0 Å². The van der Waals surface area contributed by atoms with Crippen LogP contribution in [0.4, 0.5) is 4.79 Å². The summed E-state index contributed by atoms with van der Waals surface area (Å²) in [6.07, 6.45) is 7.34. The molecule has 178 valence electrons. The lowest BCUT2D eigenvalue weighted by Gasteiger charge is -2.16. The fourth-order valence-corrected chi connectivity index (χ4v) is 6.84. The van der Waals surface area contributed by atoms with Crippen molar-refractivity contribution in [1.29, 1.82) is 0 Å². The van der Waals surface area contributed by atoms with Crippen LogP contribution in [0.3, 0.4) is 0 Å². The molecule has 2 saturated heterocycles. The molecule has 0 aromatic heterocycles. The Bertz CT molecular complexity index is 719. The summed E-state index contributed by atoms with van der Waals surface area (Å²) in [7, 11) is -2.23. The first-order valence-corrected chi connectivity index (χ1v) is 15.3. The van der Waals surface area contributed by atoms with Crippen LogP contribution in [0.15, 0.2) is 0 Å². The molecule has 31 heavy (non-hydrogen) atoms. The van der Waals surface area contributed by atoms with E-state index in [1.807, 2.05) is 11.8 Å². The van der Waals surface area contributed by atoms with Crippen LogP contribution in [-0.4, -0.2) is 74.4 Å². The third-order valence-electron chi connectivity index (χ3n) is 5.21. The summed E-state index contributed by atoms with van der Waals surface area (Å²) < 4.78 is 21.9. The molecule has 2 aliphatic heterocycles. The first-order valence-electron chi connectivity index (χ1n) is 10.8. The molecule has 3 atom stereocenters. The molecule has 0 bridgehead atoms. The molecule has 0 saturated carbocycles. The van der Waals surface area contributed by atoms with Crippen LogP contribution in [0.25, 0.3) is 0 Å². The summed E-state index contributed by atoms with van der Waals surface area (Å²) in [5, 5.41) is 12.0. The average molecular weight is 495 g/mol. The van der Waals surface area contributed by atoms with Crippen molar-refractivity contribution in [3.8, 4) is 0 Å². The average Bonchev–Trinajstić information content (AvgIpc) is 3.24. The van der Waals surface area contributed by atoms with E-state index in [0.717, 1.165) is 61.3 Å². The standard InChI is InChI=1S/C19H34N4O5S3/c1-31(27,28)30-12-11-21-17(25)8-3-2-6-10-20-16(24)9-5-4-7-15-18-14(13-29-15)22-19(26)23-18/h14-15,18H,2-13H2,1H3,(H,20,24)(H,21,25)(H2,22,23,26)/t14-,15+,18+/m1/s1. The van der Waals surface area contributed by atoms with E-state index in [1.165, 1.54) is 0 Å². The number of hydrogen-bond acceptors (Lipinski definition) is 7. The van der Waals surface area contributed by atoms with Gasteiger partial charge in [0.25, 0.3) is 0 Å². The number of urea groups is 1. The third-order valence-corrected chi connectivity index (χ3v) is 9.30. The first-order chi connectivity index (χ1) is 14.7. The first kappa shape index (κ1) is 26.1. The number of amides is 4. The Morgan fingerprint density at radius 2 is 1.71 bits per heavy atom. The Morgan fingerprint density at radius 1 is 1.03 bits per heavy atom. The van der Waals surface area contributed by atoms with E-state index in [2.05, 4.69) is 21.3 Å². The highest BCUT2D eigenvalue weighted by atomic mass is 33.1. The van der Waals surface area contributed by atoms with E-state index in [-0.39, 0.29) is 29.9 Å². The van der Waals surface area contributed by atoms with Gasteiger partial charge in [-0.15, -0.1) is 0 Å². The zero-order valence-corrected chi connectivity index (χ0v) is 20.4. The molecule has 2 fully saturated rings. The van der Waals surface area contributed by atoms with Gasteiger partial charge in [-0.05, 0) is 36.5 Å². The van der Waals surface area contributed by atoms with Crippen LogP contribution in [0.2, 0.25) is 0 Å². The fourth-order valence-electron chi connectivity index (χ4n) is 3.65.